The Kier molecular flexibility index (Phi) is 3.50. The van der Waals surface area contributed by atoms with Crippen LogP contribution in [0.15, 0.2) is 36.7 Å². The maximum atomic E-state index is 14.0. The van der Waals surface area contributed by atoms with Gasteiger partial charge in [0, 0.05) is 12.6 Å². The van der Waals surface area contributed by atoms with Crippen molar-refractivity contribution < 1.29 is 4.39 Å². The maximum absolute atomic E-state index is 14.0. The number of nitrogens with zero attached hydrogens (tertiary/aromatic N) is 5. The van der Waals surface area contributed by atoms with Crippen molar-refractivity contribution in [2.24, 2.45) is 0 Å². The number of hydrogen-bond acceptors (Lipinski definition) is 4. The average molecular weight is 343 g/mol. The molecule has 0 saturated carbocycles. The second-order valence-electron chi connectivity index (χ2n) is 5.35. The molecule has 0 atom stereocenters. The normalized spacial score (nSPS) is 11.3. The summed E-state index contributed by atoms with van der Waals surface area (Å²) in [6.45, 7) is 1.78. The molecule has 0 aliphatic carbocycles. The number of halogens is 2. The van der Waals surface area contributed by atoms with Crippen molar-refractivity contribution in [2.75, 3.05) is 0 Å². The van der Waals surface area contributed by atoms with Gasteiger partial charge in [-0.15, -0.1) is 0 Å². The van der Waals surface area contributed by atoms with Gasteiger partial charge in [-0.05, 0) is 18.6 Å². The Bertz CT molecular complexity index is 1040. The highest BCUT2D eigenvalue weighted by molar-refractivity contribution is 6.29. The van der Waals surface area contributed by atoms with E-state index in [0.717, 1.165) is 0 Å². The molecule has 0 radical (unpaired) electrons. The minimum atomic E-state index is -0.281. The van der Waals surface area contributed by atoms with E-state index in [0.29, 0.717) is 45.8 Å². The fourth-order valence-electron chi connectivity index (χ4n) is 2.54. The second-order valence-corrected chi connectivity index (χ2v) is 5.73. The van der Waals surface area contributed by atoms with Crippen LogP contribution < -0.4 is 0 Å². The molecule has 120 valence electrons. The van der Waals surface area contributed by atoms with E-state index in [4.69, 9.17) is 11.6 Å². The molecule has 0 saturated heterocycles. The third-order valence-corrected chi connectivity index (χ3v) is 3.95. The van der Waals surface area contributed by atoms with Crippen LogP contribution in [0.3, 0.4) is 0 Å². The van der Waals surface area contributed by atoms with Gasteiger partial charge in [0.1, 0.15) is 22.5 Å². The molecule has 1 aromatic carbocycles. The van der Waals surface area contributed by atoms with Gasteiger partial charge < -0.3 is 0 Å². The first-order chi connectivity index (χ1) is 11.6. The Morgan fingerprint density at radius 1 is 1.25 bits per heavy atom. The summed E-state index contributed by atoms with van der Waals surface area (Å²) in [4.78, 5) is 13.2. The lowest BCUT2D eigenvalue weighted by molar-refractivity contribution is 0.613. The first-order valence-electron chi connectivity index (χ1n) is 7.27. The summed E-state index contributed by atoms with van der Waals surface area (Å²) in [5.41, 5.74) is 2.30. The minimum absolute atomic E-state index is 0.281. The molecule has 3 aromatic heterocycles. The Balaban J connectivity index is 1.88. The van der Waals surface area contributed by atoms with Crippen LogP contribution in [0, 0.1) is 12.7 Å². The highest BCUT2D eigenvalue weighted by Crippen LogP contribution is 2.22. The quantitative estimate of drug-likeness (QED) is 0.620. The van der Waals surface area contributed by atoms with Gasteiger partial charge in [-0.3, -0.25) is 9.50 Å². The van der Waals surface area contributed by atoms with Gasteiger partial charge in [0.05, 0.1) is 11.9 Å². The van der Waals surface area contributed by atoms with Crippen molar-refractivity contribution in [3.05, 3.63) is 64.7 Å². The van der Waals surface area contributed by atoms with Gasteiger partial charge >= 0.3 is 0 Å². The van der Waals surface area contributed by atoms with Crippen LogP contribution in [0.25, 0.3) is 17.2 Å². The summed E-state index contributed by atoms with van der Waals surface area (Å²) in [6, 6.07) is 6.60. The number of hydrogen-bond donors (Lipinski definition) is 1. The number of H-pyrrole nitrogens is 1. The molecule has 6 nitrogen and oxygen atoms in total. The van der Waals surface area contributed by atoms with E-state index in [-0.39, 0.29) is 5.82 Å². The first-order valence-corrected chi connectivity index (χ1v) is 7.65. The average Bonchev–Trinajstić information content (AvgIpc) is 3.16. The van der Waals surface area contributed by atoms with E-state index in [2.05, 4.69) is 25.1 Å². The van der Waals surface area contributed by atoms with Crippen LogP contribution in [0.2, 0.25) is 5.15 Å². The zero-order valence-corrected chi connectivity index (χ0v) is 13.4. The Morgan fingerprint density at radius 3 is 2.83 bits per heavy atom. The largest absolute Gasteiger partial charge is 0.287 e. The minimum Gasteiger partial charge on any atom is -0.287 e. The molecule has 0 fully saturated rings. The number of aromatic amines is 1. The van der Waals surface area contributed by atoms with Crippen LogP contribution in [0.4, 0.5) is 4.39 Å². The number of fused-ring (bicyclic) bond motifs is 1. The summed E-state index contributed by atoms with van der Waals surface area (Å²) in [5.74, 6) is 0.851. The lowest BCUT2D eigenvalue weighted by Crippen LogP contribution is -2.03. The number of imidazole rings is 1. The summed E-state index contributed by atoms with van der Waals surface area (Å²) < 4.78 is 15.7. The van der Waals surface area contributed by atoms with Crippen molar-refractivity contribution in [3.63, 3.8) is 0 Å². The van der Waals surface area contributed by atoms with Gasteiger partial charge in [0.2, 0.25) is 0 Å². The highest BCUT2D eigenvalue weighted by Gasteiger charge is 2.15. The van der Waals surface area contributed by atoms with Crippen molar-refractivity contribution in [3.8, 4) is 11.5 Å². The molecule has 0 spiro atoms. The molecule has 0 aliphatic heterocycles. The van der Waals surface area contributed by atoms with Gasteiger partial charge in [0.25, 0.3) is 0 Å². The van der Waals surface area contributed by atoms with Crippen LogP contribution in [0.5, 0.6) is 0 Å². The highest BCUT2D eigenvalue weighted by atomic mass is 35.5. The third-order valence-electron chi connectivity index (χ3n) is 3.67. The maximum Gasteiger partial charge on any atom is 0.175 e. The zero-order chi connectivity index (χ0) is 16.7. The third kappa shape index (κ3) is 2.52. The summed E-state index contributed by atoms with van der Waals surface area (Å²) in [5, 5.41) is 7.29. The Hall–Kier alpha value is -2.80. The number of rotatable bonds is 3. The van der Waals surface area contributed by atoms with Crippen LogP contribution in [0.1, 0.15) is 17.1 Å². The van der Waals surface area contributed by atoms with E-state index in [1.807, 2.05) is 0 Å². The van der Waals surface area contributed by atoms with Crippen LogP contribution in [-0.4, -0.2) is 29.5 Å². The Labute approximate surface area is 141 Å². The van der Waals surface area contributed by atoms with E-state index < -0.39 is 0 Å². The summed E-state index contributed by atoms with van der Waals surface area (Å²) in [7, 11) is 0. The first kappa shape index (κ1) is 14.8. The molecule has 1 N–H and O–H groups in total. The molecule has 4 rings (SSSR count). The lowest BCUT2D eigenvalue weighted by atomic mass is 10.1. The van der Waals surface area contributed by atoms with E-state index in [9.17, 15) is 4.39 Å². The van der Waals surface area contributed by atoms with Gasteiger partial charge in [-0.1, -0.05) is 29.8 Å². The van der Waals surface area contributed by atoms with Crippen molar-refractivity contribution >= 4 is 17.2 Å². The molecule has 4 aromatic rings. The van der Waals surface area contributed by atoms with Crippen LogP contribution in [-0.2, 0) is 6.42 Å². The molecule has 24 heavy (non-hydrogen) atoms. The van der Waals surface area contributed by atoms with E-state index >= 15 is 0 Å². The number of aromatic nitrogens is 6. The summed E-state index contributed by atoms with van der Waals surface area (Å²) in [6.07, 6.45) is 3.57. The van der Waals surface area contributed by atoms with E-state index in [1.54, 1.807) is 41.9 Å². The van der Waals surface area contributed by atoms with Crippen molar-refractivity contribution in [2.45, 2.75) is 13.3 Å². The van der Waals surface area contributed by atoms with Gasteiger partial charge in [-0.25, -0.2) is 19.3 Å². The molecule has 3 heterocycles. The standard InChI is InChI=1S/C16H12ClFN6/c1-9-20-15(23-22-9)13-8-24-14(17)7-19-16(24)12(21-13)6-10-4-2-3-5-11(10)18/h2-5,7-8H,6H2,1H3,(H,20,22,23). The molecule has 0 unspecified atom stereocenters. The summed E-state index contributed by atoms with van der Waals surface area (Å²) >= 11 is 6.20. The molecule has 0 amide bonds. The van der Waals surface area contributed by atoms with Crippen molar-refractivity contribution in [1.82, 2.24) is 29.5 Å². The fraction of sp³-hybridized carbons (Fsp3) is 0.125. The SMILES string of the molecule is Cc1n[nH]c(-c2cn3c(Cl)cnc3c(Cc3ccccc3F)n2)n1. The van der Waals surface area contributed by atoms with Crippen molar-refractivity contribution in [1.29, 1.82) is 0 Å². The molecular weight excluding hydrogens is 331 g/mol. The number of aryl methyl sites for hydroxylation is 1. The Morgan fingerprint density at radius 2 is 2.08 bits per heavy atom. The van der Waals surface area contributed by atoms with Gasteiger partial charge in [0.15, 0.2) is 11.5 Å². The van der Waals surface area contributed by atoms with Gasteiger partial charge in [-0.2, -0.15) is 5.10 Å². The predicted molar refractivity (Wildman–Crippen MR) is 87.3 cm³/mol. The zero-order valence-electron chi connectivity index (χ0n) is 12.7. The lowest BCUT2D eigenvalue weighted by Gasteiger charge is -2.07. The number of nitrogens with one attached hydrogen (secondary N) is 1. The predicted octanol–water partition coefficient (Wildman–Crippen LogP) is 3.21. The second kappa shape index (κ2) is 5.68. The molecular formula is C16H12ClFN6. The monoisotopic (exact) mass is 342 g/mol. The molecule has 0 bridgehead atoms. The number of benzene rings is 1. The van der Waals surface area contributed by atoms with Crippen LogP contribution >= 0.6 is 11.6 Å². The molecule has 8 heteroatoms. The topological polar surface area (TPSA) is 71.8 Å². The smallest absolute Gasteiger partial charge is 0.175 e. The van der Waals surface area contributed by atoms with E-state index in [1.165, 1.54) is 6.07 Å². The molecule has 0 aliphatic rings. The fourth-order valence-corrected chi connectivity index (χ4v) is 2.72.